The normalized spacial score (nSPS) is 49.3. The van der Waals surface area contributed by atoms with Crippen LogP contribution in [0.3, 0.4) is 0 Å². The maximum Gasteiger partial charge on any atom is 0.111 e. The second-order valence-electron chi connectivity index (χ2n) is 5.71. The Balaban J connectivity index is 1.99. The van der Waals surface area contributed by atoms with Crippen molar-refractivity contribution in [1.29, 1.82) is 0 Å². The molecule has 8 atom stereocenters. The van der Waals surface area contributed by atoms with Crippen molar-refractivity contribution in [3.8, 4) is 0 Å². The lowest BCUT2D eigenvalue weighted by atomic mass is 10.1. The number of hydrogen-bond acceptors (Lipinski definition) is 9. The summed E-state index contributed by atoms with van der Waals surface area (Å²) in [6.45, 7) is -0.413. The number of hydrogen-bond donors (Lipinski definition) is 7. The van der Waals surface area contributed by atoms with Gasteiger partial charge in [-0.05, 0) is 0 Å². The largest absolute Gasteiger partial charge is 0.394 e. The summed E-state index contributed by atoms with van der Waals surface area (Å²) in [5.41, 5.74) is 0. The van der Waals surface area contributed by atoms with Crippen LogP contribution in [0.2, 0.25) is 0 Å². The number of rotatable bonds is 3. The molecule has 7 N–H and O–H groups in total. The topological polar surface area (TPSA) is 154 Å². The van der Waals surface area contributed by atoms with Gasteiger partial charge >= 0.3 is 0 Å². The van der Waals surface area contributed by atoms with E-state index >= 15 is 0 Å². The third kappa shape index (κ3) is 3.52. The Labute approximate surface area is 121 Å². The molecule has 0 aromatic carbocycles. The number of aliphatic hydroxyl groups excluding tert-OH is 7. The van der Waals surface area contributed by atoms with Gasteiger partial charge in [0, 0.05) is 19.6 Å². The number of β-amino-alcohol motifs (C(OH)–C–C–N with tert-alkyl or cyclic N) is 2. The van der Waals surface area contributed by atoms with Crippen molar-refractivity contribution in [2.24, 2.45) is 0 Å². The molecule has 0 radical (unpaired) electrons. The molecule has 9 heteroatoms. The van der Waals surface area contributed by atoms with Crippen molar-refractivity contribution < 1.29 is 40.5 Å². The van der Waals surface area contributed by atoms with Crippen LogP contribution in [0.5, 0.6) is 0 Å². The van der Waals surface area contributed by atoms with Crippen LogP contribution in [0.15, 0.2) is 0 Å². The lowest BCUT2D eigenvalue weighted by Crippen LogP contribution is -2.44. The van der Waals surface area contributed by atoms with E-state index in [0.717, 1.165) is 0 Å². The smallest absolute Gasteiger partial charge is 0.111 e. The van der Waals surface area contributed by atoms with Gasteiger partial charge in [0.05, 0.1) is 24.9 Å². The molecule has 9 nitrogen and oxygen atoms in total. The first-order valence-electron chi connectivity index (χ1n) is 6.92. The molecule has 21 heavy (non-hydrogen) atoms. The summed E-state index contributed by atoms with van der Waals surface area (Å²) in [7, 11) is 0. The minimum absolute atomic E-state index is 0.0260. The Morgan fingerprint density at radius 3 is 1.67 bits per heavy atom. The monoisotopic (exact) mass is 309 g/mol. The first kappa shape index (κ1) is 17.0. The van der Waals surface area contributed by atoms with Crippen molar-refractivity contribution in [2.45, 2.75) is 48.8 Å². The summed E-state index contributed by atoms with van der Waals surface area (Å²) in [6, 6.07) is 0. The highest BCUT2D eigenvalue weighted by atomic mass is 16.6. The quantitative estimate of drug-likeness (QED) is 0.272. The highest BCUT2D eigenvalue weighted by Gasteiger charge is 2.44. The third-order valence-corrected chi connectivity index (χ3v) is 4.11. The second-order valence-corrected chi connectivity index (χ2v) is 5.71. The molecule has 2 aliphatic heterocycles. The molecule has 0 unspecified atom stereocenters. The second kappa shape index (κ2) is 6.82. The molecule has 0 aliphatic carbocycles. The van der Waals surface area contributed by atoms with Gasteiger partial charge in [0.2, 0.25) is 0 Å². The predicted molar refractivity (Wildman–Crippen MR) is 68.2 cm³/mol. The average molecular weight is 309 g/mol. The Morgan fingerprint density at radius 1 is 0.762 bits per heavy atom. The summed E-state index contributed by atoms with van der Waals surface area (Å²) in [5.74, 6) is 0. The first-order chi connectivity index (χ1) is 9.85. The molecule has 2 fully saturated rings. The zero-order chi connectivity index (χ0) is 15.7. The van der Waals surface area contributed by atoms with Crippen molar-refractivity contribution in [2.75, 3.05) is 26.2 Å². The van der Waals surface area contributed by atoms with Gasteiger partial charge in [-0.1, -0.05) is 0 Å². The van der Waals surface area contributed by atoms with Crippen molar-refractivity contribution in [3.05, 3.63) is 0 Å². The number of nitrogens with zero attached hydrogens (tertiary/aromatic N) is 1. The van der Waals surface area contributed by atoms with Crippen molar-refractivity contribution in [3.63, 3.8) is 0 Å². The minimum atomic E-state index is -1.46. The fourth-order valence-electron chi connectivity index (χ4n) is 2.81. The first-order valence-corrected chi connectivity index (χ1v) is 6.92. The zero-order valence-corrected chi connectivity index (χ0v) is 11.4. The van der Waals surface area contributed by atoms with Gasteiger partial charge in [-0.15, -0.1) is 0 Å². The van der Waals surface area contributed by atoms with E-state index in [9.17, 15) is 30.6 Å². The van der Waals surface area contributed by atoms with E-state index in [1.807, 2.05) is 0 Å². The molecule has 0 amide bonds. The molecule has 2 heterocycles. The van der Waals surface area contributed by atoms with Crippen LogP contribution in [0.25, 0.3) is 0 Å². The average Bonchev–Trinajstić information content (AvgIpc) is 2.68. The summed E-state index contributed by atoms with van der Waals surface area (Å²) < 4.78 is 5.32. The van der Waals surface area contributed by atoms with Gasteiger partial charge in [0.15, 0.2) is 0 Å². The summed E-state index contributed by atoms with van der Waals surface area (Å²) in [6.07, 6.45) is -9.53. The maximum absolute atomic E-state index is 9.86. The standard InChI is InChI=1S/C12H23NO8/c14-4-8-12(20)11(19)7(21-8)3-13-1-5(15)9(17)10(18)6(16)2-13/h5-12,14-20H,1-4H2/t5-,6-,7-,8+,9-,10-,11-,12-/m1/s1. The molecule has 124 valence electrons. The van der Waals surface area contributed by atoms with Gasteiger partial charge in [-0.3, -0.25) is 4.90 Å². The molecule has 2 aliphatic rings. The van der Waals surface area contributed by atoms with E-state index in [-0.39, 0.29) is 19.6 Å². The van der Waals surface area contributed by atoms with Crippen LogP contribution in [0.4, 0.5) is 0 Å². The van der Waals surface area contributed by atoms with Crippen LogP contribution < -0.4 is 0 Å². The molecule has 0 bridgehead atoms. The van der Waals surface area contributed by atoms with Crippen LogP contribution in [0, 0.1) is 0 Å². The lowest BCUT2D eigenvalue weighted by molar-refractivity contribution is -0.0894. The van der Waals surface area contributed by atoms with Gasteiger partial charge in [-0.25, -0.2) is 0 Å². The molecular weight excluding hydrogens is 286 g/mol. The van der Waals surface area contributed by atoms with E-state index in [2.05, 4.69) is 0 Å². The Bertz CT molecular complexity index is 329. The third-order valence-electron chi connectivity index (χ3n) is 4.11. The van der Waals surface area contributed by atoms with Crippen LogP contribution in [-0.4, -0.2) is 116 Å². The van der Waals surface area contributed by atoms with Crippen molar-refractivity contribution in [1.82, 2.24) is 4.90 Å². The van der Waals surface area contributed by atoms with E-state index in [1.54, 1.807) is 0 Å². The lowest BCUT2D eigenvalue weighted by Gasteiger charge is -2.27. The Hall–Kier alpha value is -0.360. The Morgan fingerprint density at radius 2 is 1.24 bits per heavy atom. The molecule has 0 saturated carbocycles. The molecule has 0 aromatic rings. The fourth-order valence-corrected chi connectivity index (χ4v) is 2.81. The molecular formula is C12H23NO8. The van der Waals surface area contributed by atoms with E-state index < -0.39 is 55.4 Å². The number of ether oxygens (including phenoxy) is 1. The maximum atomic E-state index is 9.86. The molecule has 0 aromatic heterocycles. The summed E-state index contributed by atoms with van der Waals surface area (Å²) >= 11 is 0. The van der Waals surface area contributed by atoms with Crippen LogP contribution in [-0.2, 0) is 4.74 Å². The summed E-state index contributed by atoms with van der Waals surface area (Å²) in [5, 5.41) is 67.3. The van der Waals surface area contributed by atoms with Crippen LogP contribution in [0.1, 0.15) is 0 Å². The van der Waals surface area contributed by atoms with Gasteiger partial charge in [0.1, 0.15) is 30.5 Å². The summed E-state index contributed by atoms with van der Waals surface area (Å²) in [4.78, 5) is 1.52. The Kier molecular flexibility index (Phi) is 5.52. The van der Waals surface area contributed by atoms with E-state index in [0.29, 0.717) is 0 Å². The number of aliphatic hydroxyl groups is 7. The zero-order valence-electron chi connectivity index (χ0n) is 11.4. The predicted octanol–water partition coefficient (Wildman–Crippen LogP) is -4.77. The SMILES string of the molecule is OC[C@@H]1O[C@H](CN2C[C@@H](O)[C@@H](O)[C@H](O)[C@H](O)C2)[C@@H](O)[C@@H]1O. The molecule has 0 spiro atoms. The molecule has 2 rings (SSSR count). The highest BCUT2D eigenvalue weighted by molar-refractivity contribution is 4.94. The minimum Gasteiger partial charge on any atom is -0.394 e. The van der Waals surface area contributed by atoms with Gasteiger partial charge in [0.25, 0.3) is 0 Å². The van der Waals surface area contributed by atoms with Crippen molar-refractivity contribution >= 4 is 0 Å². The van der Waals surface area contributed by atoms with E-state index in [1.165, 1.54) is 4.90 Å². The fraction of sp³-hybridized carbons (Fsp3) is 1.00. The van der Waals surface area contributed by atoms with E-state index in [4.69, 9.17) is 9.84 Å². The molecule has 2 saturated heterocycles. The highest BCUT2D eigenvalue weighted by Crippen LogP contribution is 2.23. The van der Waals surface area contributed by atoms with Gasteiger partial charge < -0.3 is 40.5 Å². The van der Waals surface area contributed by atoms with Crippen LogP contribution >= 0.6 is 0 Å². The number of likely N-dealkylation sites (tertiary alicyclic amines) is 1. The van der Waals surface area contributed by atoms with Gasteiger partial charge in [-0.2, -0.15) is 0 Å².